The summed E-state index contributed by atoms with van der Waals surface area (Å²) in [5.74, 6) is 0.260. The van der Waals surface area contributed by atoms with Crippen LogP contribution in [0.2, 0.25) is 0 Å². The van der Waals surface area contributed by atoms with Gasteiger partial charge in [0.25, 0.3) is 0 Å². The van der Waals surface area contributed by atoms with Gasteiger partial charge in [0.1, 0.15) is 12.2 Å². The molecular weight excluding hydrogens is 1540 g/mol. The van der Waals surface area contributed by atoms with Gasteiger partial charge >= 0.3 is 0 Å². The zero-order valence-corrected chi connectivity index (χ0v) is 60.4. The third kappa shape index (κ3) is 14.8. The zero-order valence-electron chi connectivity index (χ0n) is 46.1. The SMILES string of the molecule is CCC1O[C@H](O[C@@H]2C(CC)O[C@H](O[C@H]3C(CC)O[C@@H](O[C@H]4C(CC)O[C@@H](O[C@@H]5C(CC)O[C@H](O[C@@H]6C(CC)O[C@H](C)C(O)C6C)C(C)C5C)C(O)[C@H]4C)C(C)[C@H]3C)C(O)C2C)C(C)C(C)[C@@H]1C.[Ac].[Ac].[Ac]. The summed E-state index contributed by atoms with van der Waals surface area (Å²) in [6, 6.07) is 0. The van der Waals surface area contributed by atoms with Crippen molar-refractivity contribution in [2.45, 2.75) is 279 Å². The minimum atomic E-state index is -0.968. The third-order valence-corrected chi connectivity index (χ3v) is 18.1. The minimum Gasteiger partial charge on any atom is -0.390 e. The molecule has 6 heterocycles. The molecule has 6 aliphatic heterocycles. The normalized spacial score (nSPS) is 51.1. The first-order valence-corrected chi connectivity index (χ1v) is 27.0. The van der Waals surface area contributed by atoms with Crippen molar-refractivity contribution < 1.29 is 200 Å². The fraction of sp³-hybridized carbons (Fsp3) is 1.00. The number of rotatable bonds is 16. The van der Waals surface area contributed by atoms with Gasteiger partial charge in [-0.15, -0.1) is 0 Å². The second-order valence-electron chi connectivity index (χ2n) is 22.1. The monoisotopic (exact) mass is 1640 g/mol. The van der Waals surface area contributed by atoms with Crippen molar-refractivity contribution in [1.29, 1.82) is 0 Å². The summed E-state index contributed by atoms with van der Waals surface area (Å²) in [5, 5.41) is 34.6. The van der Waals surface area contributed by atoms with Gasteiger partial charge in [0, 0.05) is 168 Å². The quantitative estimate of drug-likeness (QED) is 0.136. The summed E-state index contributed by atoms with van der Waals surface area (Å²) < 4.78 is 73.4. The molecule has 0 saturated carbocycles. The summed E-state index contributed by atoms with van der Waals surface area (Å²) in [5.41, 5.74) is 0. The van der Waals surface area contributed by atoms with Crippen LogP contribution in [0.3, 0.4) is 0 Å². The Bertz CT molecular complexity index is 1500. The summed E-state index contributed by atoms with van der Waals surface area (Å²) >= 11 is 0. The first-order valence-electron chi connectivity index (χ1n) is 27.0. The van der Waals surface area contributed by atoms with Gasteiger partial charge in [-0.05, 0) is 69.1 Å². The number of ether oxygens (including phenoxy) is 11. The predicted octanol–water partition coefficient (Wildman–Crippen LogP) is 8.23. The van der Waals surface area contributed by atoms with Gasteiger partial charge in [0.15, 0.2) is 31.5 Å². The Morgan fingerprint density at radius 2 is 0.514 bits per heavy atom. The molecular formula is C53H96Ac3O14. The topological polar surface area (TPSA) is 162 Å². The molecule has 70 heavy (non-hydrogen) atoms. The van der Waals surface area contributed by atoms with Crippen molar-refractivity contribution >= 4 is 0 Å². The van der Waals surface area contributed by atoms with Crippen molar-refractivity contribution in [3.8, 4) is 0 Å². The third-order valence-electron chi connectivity index (χ3n) is 18.1. The number of hydrogen-bond donors (Lipinski definition) is 3. The van der Waals surface area contributed by atoms with Crippen LogP contribution in [0.15, 0.2) is 0 Å². The first-order chi connectivity index (χ1) is 31.8. The van der Waals surface area contributed by atoms with E-state index in [0.717, 1.165) is 12.8 Å². The predicted molar refractivity (Wildman–Crippen MR) is 253 cm³/mol. The largest absolute Gasteiger partial charge is 0.390 e. The molecule has 6 aliphatic rings. The van der Waals surface area contributed by atoms with E-state index in [0.29, 0.717) is 37.5 Å². The molecule has 0 amide bonds. The maximum atomic E-state index is 11.9. The fourth-order valence-corrected chi connectivity index (χ4v) is 12.3. The molecule has 401 valence electrons. The van der Waals surface area contributed by atoms with E-state index in [-0.39, 0.29) is 253 Å². The van der Waals surface area contributed by atoms with E-state index in [1.54, 1.807) is 0 Å². The maximum Gasteiger partial charge on any atom is 0.184 e. The van der Waals surface area contributed by atoms with E-state index in [1.165, 1.54) is 0 Å². The molecule has 6 rings (SSSR count). The summed E-state index contributed by atoms with van der Waals surface area (Å²) in [4.78, 5) is 0. The number of hydrogen-bond acceptors (Lipinski definition) is 14. The van der Waals surface area contributed by atoms with Crippen molar-refractivity contribution in [2.24, 2.45) is 59.2 Å². The van der Waals surface area contributed by atoms with Crippen LogP contribution in [-0.4, -0.2) is 138 Å². The maximum absolute atomic E-state index is 11.9. The molecule has 3 N–H and O–H groups in total. The molecule has 0 bridgehead atoms. The molecule has 17 heteroatoms. The van der Waals surface area contributed by atoms with Gasteiger partial charge in [-0.25, -0.2) is 0 Å². The van der Waals surface area contributed by atoms with Gasteiger partial charge in [-0.2, -0.15) is 0 Å². The van der Waals surface area contributed by atoms with Crippen LogP contribution >= 0.6 is 0 Å². The molecule has 14 nitrogen and oxygen atoms in total. The van der Waals surface area contributed by atoms with Crippen LogP contribution in [0.4, 0.5) is 0 Å². The van der Waals surface area contributed by atoms with Crippen LogP contribution in [-0.2, 0) is 52.1 Å². The van der Waals surface area contributed by atoms with E-state index < -0.39 is 49.6 Å². The second kappa shape index (κ2) is 30.5. The first kappa shape index (κ1) is 68.0. The van der Waals surface area contributed by atoms with Gasteiger partial charge < -0.3 is 67.4 Å². The minimum absolute atomic E-state index is 0. The van der Waals surface area contributed by atoms with Crippen LogP contribution < -0.4 is 0 Å². The molecule has 0 aromatic carbocycles. The Hall–Kier alpha value is 3.76. The van der Waals surface area contributed by atoms with Crippen molar-refractivity contribution in [2.75, 3.05) is 0 Å². The number of aliphatic hydroxyl groups excluding tert-OH is 3. The molecule has 0 aromatic heterocycles. The van der Waals surface area contributed by atoms with E-state index in [9.17, 15) is 15.3 Å². The zero-order chi connectivity index (χ0) is 49.3. The van der Waals surface area contributed by atoms with Crippen molar-refractivity contribution in [3.05, 3.63) is 0 Å². The molecule has 3 radical (unpaired) electrons. The smallest absolute Gasteiger partial charge is 0.184 e. The van der Waals surface area contributed by atoms with Gasteiger partial charge in [-0.3, -0.25) is 0 Å². The Morgan fingerprint density at radius 1 is 0.271 bits per heavy atom. The van der Waals surface area contributed by atoms with E-state index in [2.05, 4.69) is 90.0 Å². The van der Waals surface area contributed by atoms with E-state index in [1.807, 2.05) is 27.7 Å². The van der Waals surface area contributed by atoms with Crippen molar-refractivity contribution in [1.82, 2.24) is 0 Å². The molecule has 16 unspecified atom stereocenters. The van der Waals surface area contributed by atoms with E-state index in [4.69, 9.17) is 52.1 Å². The second-order valence-corrected chi connectivity index (χ2v) is 22.1. The fourth-order valence-electron chi connectivity index (χ4n) is 12.3. The standard InChI is InChI=1S/C53H96O14.3Ac/c1-18-35-25(8)24(7)28(11)49(58-35)64-47-32(15)42(55)52(61-39(47)22-5)67-45-27(10)30(13)51(60-38(45)21-4)65-48-33(16)43(56)53(62-40(48)23-6)66-44-26(9)29(12)50(59-37(44)20-3)63-46-31(14)41(54)34(17)57-36(46)19-2;;;/h24-56H,18-23H2,1-17H3;;;/t24?,25-,26?,27+,28?,29?,30?,31?,32?,33+,34+,35?,36?,37?,38?,39?,40?,41?,42?,43?,44-,45+,46-,47-,48+,49+,50+,51-,52+,53-;;;/m0.../s1. The Kier molecular flexibility index (Phi) is 29.7. The van der Waals surface area contributed by atoms with Crippen LogP contribution in [0.25, 0.3) is 0 Å². The summed E-state index contributed by atoms with van der Waals surface area (Å²) in [6.07, 6.45) is -4.65. The van der Waals surface area contributed by atoms with Crippen LogP contribution in [0.5, 0.6) is 0 Å². The molecule has 30 atom stereocenters. The summed E-state index contributed by atoms with van der Waals surface area (Å²) in [6.45, 7) is 35.8. The average molecular weight is 1640 g/mol. The Labute approximate surface area is 530 Å². The Morgan fingerprint density at radius 3 is 0.843 bits per heavy atom. The van der Waals surface area contributed by atoms with Crippen LogP contribution in [0.1, 0.15) is 156 Å². The Balaban J connectivity index is 0.00000432. The van der Waals surface area contributed by atoms with Gasteiger partial charge in [0.2, 0.25) is 0 Å². The average Bonchev–Trinajstić information content (AvgIpc) is 3.32. The molecule has 0 aliphatic carbocycles. The molecule has 6 saturated heterocycles. The van der Waals surface area contributed by atoms with Crippen LogP contribution in [0, 0.1) is 191 Å². The molecule has 6 fully saturated rings. The van der Waals surface area contributed by atoms with Gasteiger partial charge in [-0.1, -0.05) is 111 Å². The van der Waals surface area contributed by atoms with Crippen molar-refractivity contribution in [3.63, 3.8) is 0 Å². The molecule has 0 spiro atoms. The molecule has 0 aromatic rings. The summed E-state index contributed by atoms with van der Waals surface area (Å²) in [7, 11) is 0. The van der Waals surface area contributed by atoms with E-state index >= 15 is 0 Å². The number of aliphatic hydroxyl groups is 3. The van der Waals surface area contributed by atoms with Gasteiger partial charge in [0.05, 0.1) is 79.4 Å².